The van der Waals surface area contributed by atoms with E-state index in [0.717, 1.165) is 12.0 Å². The highest BCUT2D eigenvalue weighted by Gasteiger charge is 2.25. The van der Waals surface area contributed by atoms with Crippen molar-refractivity contribution >= 4 is 0 Å². The molecule has 0 aromatic heterocycles. The number of rotatable bonds is 3. The number of nitrogens with one attached hydrogen (secondary N) is 1. The largest absolute Gasteiger partial charge is 0.317 e. The molecule has 15 heavy (non-hydrogen) atoms. The minimum absolute atomic E-state index is 0.794. The van der Waals surface area contributed by atoms with Crippen molar-refractivity contribution in [1.82, 2.24) is 15.1 Å². The molecule has 1 aliphatic heterocycles. The first-order valence-electron chi connectivity index (χ1n) is 6.36. The van der Waals surface area contributed by atoms with Crippen molar-refractivity contribution < 1.29 is 0 Å². The zero-order valence-corrected chi connectivity index (χ0v) is 10.2. The summed E-state index contributed by atoms with van der Waals surface area (Å²) in [5, 5.41) is 3.41. The highest BCUT2D eigenvalue weighted by Crippen LogP contribution is 2.26. The van der Waals surface area contributed by atoms with E-state index in [4.69, 9.17) is 0 Å². The Kier molecular flexibility index (Phi) is 4.00. The molecule has 0 amide bonds. The van der Waals surface area contributed by atoms with Crippen molar-refractivity contribution in [3.63, 3.8) is 0 Å². The first-order valence-corrected chi connectivity index (χ1v) is 6.36. The van der Waals surface area contributed by atoms with Gasteiger partial charge in [-0.2, -0.15) is 0 Å². The second-order valence-corrected chi connectivity index (χ2v) is 5.27. The fourth-order valence-electron chi connectivity index (χ4n) is 2.90. The molecule has 3 nitrogen and oxygen atoms in total. The van der Waals surface area contributed by atoms with Gasteiger partial charge < -0.3 is 15.1 Å². The van der Waals surface area contributed by atoms with Crippen LogP contribution in [-0.2, 0) is 0 Å². The lowest BCUT2D eigenvalue weighted by molar-refractivity contribution is 0.136. The summed E-state index contributed by atoms with van der Waals surface area (Å²) >= 11 is 0. The van der Waals surface area contributed by atoms with Gasteiger partial charge in [0.1, 0.15) is 0 Å². The van der Waals surface area contributed by atoms with E-state index in [2.05, 4.69) is 29.2 Å². The summed E-state index contributed by atoms with van der Waals surface area (Å²) < 4.78 is 0. The minimum atomic E-state index is 0.794. The monoisotopic (exact) mass is 211 g/mol. The summed E-state index contributed by atoms with van der Waals surface area (Å²) in [4.78, 5) is 5.09. The van der Waals surface area contributed by atoms with E-state index in [-0.39, 0.29) is 0 Å². The maximum absolute atomic E-state index is 3.41. The van der Waals surface area contributed by atoms with Crippen LogP contribution in [0.1, 0.15) is 19.3 Å². The second-order valence-electron chi connectivity index (χ2n) is 5.27. The summed E-state index contributed by atoms with van der Waals surface area (Å²) in [7, 11) is 4.33. The molecule has 0 bridgehead atoms. The van der Waals surface area contributed by atoms with Crippen LogP contribution in [0.25, 0.3) is 0 Å². The summed E-state index contributed by atoms with van der Waals surface area (Å²) in [5.74, 6) is 0.950. The van der Waals surface area contributed by atoms with E-state index < -0.39 is 0 Å². The Bertz CT molecular complexity index is 187. The van der Waals surface area contributed by atoms with Crippen molar-refractivity contribution in [2.24, 2.45) is 5.92 Å². The van der Waals surface area contributed by atoms with Gasteiger partial charge in [-0.05, 0) is 39.3 Å². The zero-order valence-electron chi connectivity index (χ0n) is 10.2. The molecule has 2 rings (SSSR count). The topological polar surface area (TPSA) is 18.5 Å². The molecule has 1 saturated carbocycles. The van der Waals surface area contributed by atoms with Gasteiger partial charge in [0.15, 0.2) is 0 Å². The molecule has 1 heterocycles. The van der Waals surface area contributed by atoms with E-state index in [1.54, 1.807) is 0 Å². The lowest BCUT2D eigenvalue weighted by Crippen LogP contribution is -2.45. The smallest absolute Gasteiger partial charge is 0.0110 e. The molecule has 1 aliphatic carbocycles. The van der Waals surface area contributed by atoms with Crippen LogP contribution in [0.15, 0.2) is 0 Å². The predicted molar refractivity (Wildman–Crippen MR) is 64.1 cm³/mol. The van der Waals surface area contributed by atoms with Gasteiger partial charge in [-0.3, -0.25) is 0 Å². The first kappa shape index (κ1) is 11.4. The highest BCUT2D eigenvalue weighted by molar-refractivity contribution is 4.82. The van der Waals surface area contributed by atoms with E-state index in [1.807, 2.05) is 0 Å². The first-order chi connectivity index (χ1) is 7.28. The van der Waals surface area contributed by atoms with Crippen LogP contribution < -0.4 is 5.32 Å². The predicted octanol–water partition coefficient (Wildman–Crippen LogP) is 0.622. The average molecular weight is 211 g/mol. The molecule has 2 unspecified atom stereocenters. The molecule has 1 N–H and O–H groups in total. The zero-order chi connectivity index (χ0) is 10.7. The van der Waals surface area contributed by atoms with Gasteiger partial charge in [0.05, 0.1) is 0 Å². The summed E-state index contributed by atoms with van der Waals surface area (Å²) in [5.41, 5.74) is 0. The highest BCUT2D eigenvalue weighted by atomic mass is 15.2. The molecular formula is C12H25N3. The summed E-state index contributed by atoms with van der Waals surface area (Å²) in [6.45, 7) is 6.39. The molecule has 0 aromatic carbocycles. The molecule has 0 radical (unpaired) electrons. The van der Waals surface area contributed by atoms with Gasteiger partial charge in [0.25, 0.3) is 0 Å². The number of piperazine rings is 1. The molecule has 88 valence electrons. The molecule has 2 atom stereocenters. The van der Waals surface area contributed by atoms with Crippen LogP contribution in [0.2, 0.25) is 0 Å². The molecule has 0 spiro atoms. The van der Waals surface area contributed by atoms with Gasteiger partial charge in [0, 0.05) is 38.8 Å². The van der Waals surface area contributed by atoms with Gasteiger partial charge >= 0.3 is 0 Å². The SMILES string of the molecule is CNC1CCC(CN2CCN(C)CC2)C1. The van der Waals surface area contributed by atoms with Gasteiger partial charge in [-0.1, -0.05) is 0 Å². The Morgan fingerprint density at radius 2 is 1.87 bits per heavy atom. The molecule has 0 aromatic rings. The number of hydrogen-bond acceptors (Lipinski definition) is 3. The van der Waals surface area contributed by atoms with Crippen LogP contribution in [0, 0.1) is 5.92 Å². The Morgan fingerprint density at radius 1 is 1.13 bits per heavy atom. The quantitative estimate of drug-likeness (QED) is 0.738. The minimum Gasteiger partial charge on any atom is -0.317 e. The van der Waals surface area contributed by atoms with E-state index in [9.17, 15) is 0 Å². The summed E-state index contributed by atoms with van der Waals surface area (Å²) in [6, 6.07) is 0.794. The van der Waals surface area contributed by atoms with Crippen molar-refractivity contribution in [2.45, 2.75) is 25.3 Å². The standard InChI is InChI=1S/C12H25N3/c1-13-12-4-3-11(9-12)10-15-7-5-14(2)6-8-15/h11-13H,3-10H2,1-2H3. The normalized spacial score (nSPS) is 34.8. The van der Waals surface area contributed by atoms with Crippen molar-refractivity contribution in [3.05, 3.63) is 0 Å². The fourth-order valence-corrected chi connectivity index (χ4v) is 2.90. The lowest BCUT2D eigenvalue weighted by atomic mass is 10.1. The molecule has 2 fully saturated rings. The number of nitrogens with zero attached hydrogens (tertiary/aromatic N) is 2. The Morgan fingerprint density at radius 3 is 2.47 bits per heavy atom. The van der Waals surface area contributed by atoms with Crippen LogP contribution in [-0.4, -0.2) is 62.7 Å². The third-order valence-corrected chi connectivity index (χ3v) is 4.06. The molecule has 2 aliphatic rings. The summed E-state index contributed by atoms with van der Waals surface area (Å²) in [6.07, 6.45) is 4.20. The van der Waals surface area contributed by atoms with E-state index in [0.29, 0.717) is 0 Å². The fraction of sp³-hybridized carbons (Fsp3) is 1.00. The maximum atomic E-state index is 3.41. The third-order valence-electron chi connectivity index (χ3n) is 4.06. The van der Waals surface area contributed by atoms with Crippen molar-refractivity contribution in [2.75, 3.05) is 46.8 Å². The van der Waals surface area contributed by atoms with E-state index >= 15 is 0 Å². The maximum Gasteiger partial charge on any atom is 0.0110 e. The van der Waals surface area contributed by atoms with Crippen LogP contribution in [0.5, 0.6) is 0 Å². The van der Waals surface area contributed by atoms with Crippen LogP contribution >= 0.6 is 0 Å². The van der Waals surface area contributed by atoms with Gasteiger partial charge in [-0.25, -0.2) is 0 Å². The molecular weight excluding hydrogens is 186 g/mol. The van der Waals surface area contributed by atoms with E-state index in [1.165, 1.54) is 52.0 Å². The van der Waals surface area contributed by atoms with Crippen molar-refractivity contribution in [3.8, 4) is 0 Å². The Hall–Kier alpha value is -0.120. The Balaban J connectivity index is 1.69. The third kappa shape index (κ3) is 3.16. The lowest BCUT2D eigenvalue weighted by Gasteiger charge is -2.33. The van der Waals surface area contributed by atoms with Crippen molar-refractivity contribution in [1.29, 1.82) is 0 Å². The van der Waals surface area contributed by atoms with Gasteiger partial charge in [0.2, 0.25) is 0 Å². The average Bonchev–Trinajstić information content (AvgIpc) is 2.69. The van der Waals surface area contributed by atoms with Crippen LogP contribution in [0.4, 0.5) is 0 Å². The molecule has 1 saturated heterocycles. The van der Waals surface area contributed by atoms with Gasteiger partial charge in [-0.15, -0.1) is 0 Å². The van der Waals surface area contributed by atoms with Crippen LogP contribution in [0.3, 0.4) is 0 Å². The molecule has 3 heteroatoms. The number of hydrogen-bond donors (Lipinski definition) is 1. The second kappa shape index (κ2) is 5.28. The number of likely N-dealkylation sites (N-methyl/N-ethyl adjacent to an activating group) is 1. The Labute approximate surface area is 93.8 Å².